The molecular weight excluding hydrogens is 246 g/mol. The SMILES string of the molecule is CCC(NC(=O)Nc1cc(C#N)ccc1C)C(=O)O. The van der Waals surface area contributed by atoms with Crippen LogP contribution >= 0.6 is 0 Å². The minimum absolute atomic E-state index is 0.292. The van der Waals surface area contributed by atoms with Gasteiger partial charge >= 0.3 is 12.0 Å². The predicted octanol–water partition coefficient (Wildman–Crippen LogP) is 1.85. The fourth-order valence-electron chi connectivity index (χ4n) is 1.48. The van der Waals surface area contributed by atoms with Crippen LogP contribution in [0.1, 0.15) is 24.5 Å². The van der Waals surface area contributed by atoms with Gasteiger partial charge in [0.1, 0.15) is 6.04 Å². The number of nitriles is 1. The Morgan fingerprint density at radius 3 is 2.68 bits per heavy atom. The molecule has 0 fully saturated rings. The van der Waals surface area contributed by atoms with Crippen LogP contribution < -0.4 is 10.6 Å². The number of carbonyl (C=O) groups excluding carboxylic acids is 1. The molecule has 1 aromatic carbocycles. The molecule has 0 aliphatic heterocycles. The van der Waals surface area contributed by atoms with Crippen molar-refractivity contribution in [2.75, 3.05) is 5.32 Å². The van der Waals surface area contributed by atoms with Crippen LogP contribution in [0.5, 0.6) is 0 Å². The van der Waals surface area contributed by atoms with E-state index in [1.165, 1.54) is 6.07 Å². The standard InChI is InChI=1S/C13H15N3O3/c1-3-10(12(17)18)15-13(19)16-11-6-9(7-14)5-4-8(11)2/h4-6,10H,3H2,1-2H3,(H,17,18)(H2,15,16,19). The van der Waals surface area contributed by atoms with Crippen LogP contribution in [-0.2, 0) is 4.79 Å². The molecule has 0 bridgehead atoms. The minimum Gasteiger partial charge on any atom is -0.480 e. The van der Waals surface area contributed by atoms with Crippen molar-refractivity contribution in [2.24, 2.45) is 0 Å². The molecule has 1 aromatic rings. The van der Waals surface area contributed by atoms with E-state index in [0.717, 1.165) is 5.56 Å². The largest absolute Gasteiger partial charge is 0.480 e. The fraction of sp³-hybridized carbons (Fsp3) is 0.308. The van der Waals surface area contributed by atoms with Gasteiger partial charge in [-0.2, -0.15) is 5.26 Å². The third-order valence-corrected chi connectivity index (χ3v) is 2.63. The van der Waals surface area contributed by atoms with E-state index in [0.29, 0.717) is 17.7 Å². The molecular formula is C13H15N3O3. The van der Waals surface area contributed by atoms with Crippen LogP contribution in [0.4, 0.5) is 10.5 Å². The van der Waals surface area contributed by atoms with Crippen molar-refractivity contribution in [3.8, 4) is 6.07 Å². The highest BCUT2D eigenvalue weighted by Crippen LogP contribution is 2.16. The van der Waals surface area contributed by atoms with Gasteiger partial charge in [-0.1, -0.05) is 13.0 Å². The van der Waals surface area contributed by atoms with Crippen LogP contribution in [0, 0.1) is 18.3 Å². The first kappa shape index (κ1) is 14.5. The molecule has 0 heterocycles. The van der Waals surface area contributed by atoms with Crippen LogP contribution in [-0.4, -0.2) is 23.1 Å². The highest BCUT2D eigenvalue weighted by Gasteiger charge is 2.17. The van der Waals surface area contributed by atoms with E-state index in [4.69, 9.17) is 10.4 Å². The second kappa shape index (κ2) is 6.40. The van der Waals surface area contributed by atoms with Gasteiger partial charge in [-0.3, -0.25) is 0 Å². The molecule has 1 unspecified atom stereocenters. The van der Waals surface area contributed by atoms with E-state index in [-0.39, 0.29) is 0 Å². The minimum atomic E-state index is -1.08. The molecule has 1 atom stereocenters. The van der Waals surface area contributed by atoms with Crippen molar-refractivity contribution in [2.45, 2.75) is 26.3 Å². The van der Waals surface area contributed by atoms with E-state index in [1.54, 1.807) is 26.0 Å². The van der Waals surface area contributed by atoms with E-state index in [9.17, 15) is 9.59 Å². The van der Waals surface area contributed by atoms with Crippen molar-refractivity contribution in [1.82, 2.24) is 5.32 Å². The van der Waals surface area contributed by atoms with Gasteiger partial charge in [0.25, 0.3) is 0 Å². The molecule has 0 aromatic heterocycles. The normalized spacial score (nSPS) is 11.2. The Hall–Kier alpha value is -2.55. The lowest BCUT2D eigenvalue weighted by molar-refractivity contribution is -0.139. The first-order valence-electron chi connectivity index (χ1n) is 5.79. The van der Waals surface area contributed by atoms with E-state index < -0.39 is 18.0 Å². The lowest BCUT2D eigenvalue weighted by Crippen LogP contribution is -2.42. The van der Waals surface area contributed by atoms with Gasteiger partial charge in [0.05, 0.1) is 11.6 Å². The second-order valence-electron chi connectivity index (χ2n) is 4.04. The maximum atomic E-state index is 11.7. The summed E-state index contributed by atoms with van der Waals surface area (Å²) in [6, 6.07) is 5.33. The third-order valence-electron chi connectivity index (χ3n) is 2.63. The van der Waals surface area contributed by atoms with Crippen molar-refractivity contribution >= 4 is 17.7 Å². The summed E-state index contributed by atoms with van der Waals surface area (Å²) in [6.07, 6.45) is 0.292. The zero-order valence-corrected chi connectivity index (χ0v) is 10.7. The summed E-state index contributed by atoms with van der Waals surface area (Å²) in [4.78, 5) is 22.5. The van der Waals surface area contributed by atoms with Crippen molar-refractivity contribution < 1.29 is 14.7 Å². The Morgan fingerprint density at radius 1 is 1.47 bits per heavy atom. The molecule has 0 aliphatic rings. The van der Waals surface area contributed by atoms with E-state index >= 15 is 0 Å². The molecule has 0 radical (unpaired) electrons. The Morgan fingerprint density at radius 2 is 2.16 bits per heavy atom. The summed E-state index contributed by atoms with van der Waals surface area (Å²) >= 11 is 0. The number of hydrogen-bond donors (Lipinski definition) is 3. The molecule has 0 aliphatic carbocycles. The molecule has 0 saturated heterocycles. The quantitative estimate of drug-likeness (QED) is 0.769. The number of carboxylic acid groups (broad SMARTS) is 1. The first-order chi connectivity index (χ1) is 8.97. The average Bonchev–Trinajstić information content (AvgIpc) is 2.38. The van der Waals surface area contributed by atoms with Gasteiger partial charge in [0.15, 0.2) is 0 Å². The van der Waals surface area contributed by atoms with Crippen LogP contribution in [0.3, 0.4) is 0 Å². The highest BCUT2D eigenvalue weighted by molar-refractivity contribution is 5.93. The number of hydrogen-bond acceptors (Lipinski definition) is 3. The van der Waals surface area contributed by atoms with E-state index in [1.807, 2.05) is 6.07 Å². The van der Waals surface area contributed by atoms with Gasteiger partial charge in [0, 0.05) is 5.69 Å². The number of anilines is 1. The van der Waals surface area contributed by atoms with Crippen molar-refractivity contribution in [3.05, 3.63) is 29.3 Å². The summed E-state index contributed by atoms with van der Waals surface area (Å²) in [5.74, 6) is -1.08. The summed E-state index contributed by atoms with van der Waals surface area (Å²) in [6.45, 7) is 3.45. The summed E-state index contributed by atoms with van der Waals surface area (Å²) in [7, 11) is 0. The Balaban J connectivity index is 2.77. The molecule has 19 heavy (non-hydrogen) atoms. The van der Waals surface area contributed by atoms with Gasteiger partial charge in [-0.25, -0.2) is 9.59 Å². The number of nitrogens with zero attached hydrogens (tertiary/aromatic N) is 1. The maximum absolute atomic E-state index is 11.7. The zero-order valence-electron chi connectivity index (χ0n) is 10.7. The van der Waals surface area contributed by atoms with Crippen LogP contribution in [0.25, 0.3) is 0 Å². The Labute approximate surface area is 111 Å². The first-order valence-corrected chi connectivity index (χ1v) is 5.79. The number of aliphatic carboxylic acids is 1. The third kappa shape index (κ3) is 4.00. The highest BCUT2D eigenvalue weighted by atomic mass is 16.4. The maximum Gasteiger partial charge on any atom is 0.326 e. The van der Waals surface area contributed by atoms with Gasteiger partial charge in [0.2, 0.25) is 0 Å². The monoisotopic (exact) mass is 261 g/mol. The lowest BCUT2D eigenvalue weighted by Gasteiger charge is -2.14. The fourth-order valence-corrected chi connectivity index (χ4v) is 1.48. The lowest BCUT2D eigenvalue weighted by atomic mass is 10.1. The molecule has 100 valence electrons. The average molecular weight is 261 g/mol. The molecule has 3 N–H and O–H groups in total. The molecule has 0 saturated carbocycles. The number of carboxylic acids is 1. The molecule has 1 rings (SSSR count). The number of nitrogens with one attached hydrogen (secondary N) is 2. The zero-order chi connectivity index (χ0) is 14.4. The molecule has 6 heteroatoms. The number of benzene rings is 1. The topological polar surface area (TPSA) is 102 Å². The van der Waals surface area contributed by atoms with E-state index in [2.05, 4.69) is 10.6 Å². The summed E-state index contributed by atoms with van der Waals surface area (Å²) in [5, 5.41) is 22.5. The van der Waals surface area contributed by atoms with Gasteiger partial charge in [-0.15, -0.1) is 0 Å². The number of carbonyl (C=O) groups is 2. The molecule has 6 nitrogen and oxygen atoms in total. The smallest absolute Gasteiger partial charge is 0.326 e. The van der Waals surface area contributed by atoms with Gasteiger partial charge < -0.3 is 15.7 Å². The number of urea groups is 1. The van der Waals surface area contributed by atoms with Gasteiger partial charge in [-0.05, 0) is 31.0 Å². The van der Waals surface area contributed by atoms with Crippen molar-refractivity contribution in [1.29, 1.82) is 5.26 Å². The number of amides is 2. The number of rotatable bonds is 4. The summed E-state index contributed by atoms with van der Waals surface area (Å²) < 4.78 is 0. The molecule has 2 amide bonds. The Kier molecular flexibility index (Phi) is 4.89. The second-order valence-corrected chi connectivity index (χ2v) is 4.04. The summed E-state index contributed by atoms with van der Waals surface area (Å²) in [5.41, 5.74) is 1.69. The van der Waals surface area contributed by atoms with Crippen LogP contribution in [0.15, 0.2) is 18.2 Å². The van der Waals surface area contributed by atoms with Crippen molar-refractivity contribution in [3.63, 3.8) is 0 Å². The van der Waals surface area contributed by atoms with Crippen LogP contribution in [0.2, 0.25) is 0 Å². The molecule has 0 spiro atoms. The Bertz CT molecular complexity index is 534. The predicted molar refractivity (Wildman–Crippen MR) is 69.8 cm³/mol. The number of aryl methyl sites for hydroxylation is 1.